The van der Waals surface area contributed by atoms with Crippen LogP contribution < -0.4 is 10.6 Å². The SMILES string of the molecule is CC(C)NC(=O)NC1CCCC(C(F)(F)F)C1. The molecule has 100 valence electrons. The summed E-state index contributed by atoms with van der Waals surface area (Å²) in [5.41, 5.74) is 0. The Morgan fingerprint density at radius 3 is 2.47 bits per heavy atom. The van der Waals surface area contributed by atoms with Crippen molar-refractivity contribution in [2.24, 2.45) is 5.92 Å². The van der Waals surface area contributed by atoms with Gasteiger partial charge in [0.1, 0.15) is 0 Å². The van der Waals surface area contributed by atoms with E-state index in [1.54, 1.807) is 13.8 Å². The number of halogens is 3. The Labute approximate surface area is 99.1 Å². The van der Waals surface area contributed by atoms with Crippen LogP contribution >= 0.6 is 0 Å². The Hall–Kier alpha value is -0.940. The van der Waals surface area contributed by atoms with Crippen LogP contribution in [0.5, 0.6) is 0 Å². The smallest absolute Gasteiger partial charge is 0.336 e. The summed E-state index contributed by atoms with van der Waals surface area (Å²) in [5.74, 6) is -1.28. The highest BCUT2D eigenvalue weighted by Gasteiger charge is 2.42. The lowest BCUT2D eigenvalue weighted by Crippen LogP contribution is -2.47. The van der Waals surface area contributed by atoms with E-state index in [-0.39, 0.29) is 31.0 Å². The van der Waals surface area contributed by atoms with E-state index < -0.39 is 12.1 Å². The van der Waals surface area contributed by atoms with Crippen LogP contribution in [0.1, 0.15) is 39.5 Å². The van der Waals surface area contributed by atoms with Crippen LogP contribution in [-0.4, -0.2) is 24.3 Å². The summed E-state index contributed by atoms with van der Waals surface area (Å²) in [6.45, 7) is 3.61. The predicted octanol–water partition coefficient (Wildman–Crippen LogP) is 2.82. The third-order valence-corrected chi connectivity index (χ3v) is 2.89. The molecule has 1 aliphatic rings. The van der Waals surface area contributed by atoms with Gasteiger partial charge in [-0.3, -0.25) is 0 Å². The standard InChI is InChI=1S/C11H19F3N2O/c1-7(2)15-10(17)16-9-5-3-4-8(6-9)11(12,13)14/h7-9H,3-6H2,1-2H3,(H2,15,16,17). The van der Waals surface area contributed by atoms with Gasteiger partial charge in [-0.05, 0) is 33.1 Å². The molecule has 2 N–H and O–H groups in total. The van der Waals surface area contributed by atoms with Crippen molar-refractivity contribution in [3.8, 4) is 0 Å². The fourth-order valence-corrected chi connectivity index (χ4v) is 2.11. The van der Waals surface area contributed by atoms with Crippen LogP contribution in [0.3, 0.4) is 0 Å². The number of hydrogen-bond donors (Lipinski definition) is 2. The van der Waals surface area contributed by atoms with Crippen molar-refractivity contribution in [1.82, 2.24) is 10.6 Å². The Morgan fingerprint density at radius 1 is 1.29 bits per heavy atom. The zero-order valence-corrected chi connectivity index (χ0v) is 10.1. The van der Waals surface area contributed by atoms with Crippen molar-refractivity contribution in [3.63, 3.8) is 0 Å². The normalized spacial score (nSPS) is 25.8. The molecule has 0 radical (unpaired) electrons. The monoisotopic (exact) mass is 252 g/mol. The molecule has 0 spiro atoms. The summed E-state index contributed by atoms with van der Waals surface area (Å²) in [7, 11) is 0. The van der Waals surface area contributed by atoms with E-state index >= 15 is 0 Å². The molecule has 2 atom stereocenters. The Kier molecular flexibility index (Phi) is 4.65. The molecule has 0 aromatic rings. The molecule has 0 bridgehead atoms. The summed E-state index contributed by atoms with van der Waals surface area (Å²) < 4.78 is 37.6. The van der Waals surface area contributed by atoms with Crippen molar-refractivity contribution in [2.75, 3.05) is 0 Å². The minimum Gasteiger partial charge on any atom is -0.336 e. The van der Waals surface area contributed by atoms with Crippen molar-refractivity contribution < 1.29 is 18.0 Å². The van der Waals surface area contributed by atoms with E-state index in [9.17, 15) is 18.0 Å². The largest absolute Gasteiger partial charge is 0.391 e. The first-order chi connectivity index (χ1) is 7.79. The minimum atomic E-state index is -4.14. The van der Waals surface area contributed by atoms with Gasteiger partial charge in [0.25, 0.3) is 0 Å². The van der Waals surface area contributed by atoms with Gasteiger partial charge in [-0.2, -0.15) is 13.2 Å². The Morgan fingerprint density at radius 2 is 1.94 bits per heavy atom. The van der Waals surface area contributed by atoms with Crippen molar-refractivity contribution in [2.45, 2.75) is 57.8 Å². The van der Waals surface area contributed by atoms with Gasteiger partial charge in [0, 0.05) is 12.1 Å². The lowest BCUT2D eigenvalue weighted by Gasteiger charge is -2.31. The minimum absolute atomic E-state index is 0.00495. The van der Waals surface area contributed by atoms with E-state index in [2.05, 4.69) is 10.6 Å². The third-order valence-electron chi connectivity index (χ3n) is 2.89. The molecular formula is C11H19F3N2O. The molecule has 0 heterocycles. The third kappa shape index (κ3) is 4.83. The van der Waals surface area contributed by atoms with Gasteiger partial charge in [-0.15, -0.1) is 0 Å². The van der Waals surface area contributed by atoms with Crippen LogP contribution in [0.15, 0.2) is 0 Å². The number of carbonyl (C=O) groups is 1. The van der Waals surface area contributed by atoms with E-state index in [4.69, 9.17) is 0 Å². The first kappa shape index (κ1) is 14.1. The molecule has 0 aromatic heterocycles. The molecule has 1 fully saturated rings. The molecule has 17 heavy (non-hydrogen) atoms. The molecule has 1 saturated carbocycles. The second kappa shape index (κ2) is 5.60. The Balaban J connectivity index is 2.42. The maximum absolute atomic E-state index is 12.5. The van der Waals surface area contributed by atoms with E-state index in [0.717, 1.165) is 0 Å². The maximum atomic E-state index is 12.5. The average Bonchev–Trinajstić information content (AvgIpc) is 2.15. The van der Waals surface area contributed by atoms with Crippen molar-refractivity contribution >= 4 is 6.03 Å². The van der Waals surface area contributed by atoms with Gasteiger partial charge in [-0.25, -0.2) is 4.79 Å². The summed E-state index contributed by atoms with van der Waals surface area (Å²) >= 11 is 0. The highest BCUT2D eigenvalue weighted by molar-refractivity contribution is 5.74. The molecule has 2 amide bonds. The summed E-state index contributed by atoms with van der Waals surface area (Å²) in [6, 6.07) is -0.765. The zero-order valence-electron chi connectivity index (χ0n) is 10.1. The van der Waals surface area contributed by atoms with Gasteiger partial charge in [0.15, 0.2) is 0 Å². The lowest BCUT2D eigenvalue weighted by molar-refractivity contribution is -0.183. The van der Waals surface area contributed by atoms with Crippen LogP contribution in [0.25, 0.3) is 0 Å². The molecule has 1 aliphatic carbocycles. The Bertz CT molecular complexity index is 266. The zero-order chi connectivity index (χ0) is 13.1. The second-order valence-electron chi connectivity index (χ2n) is 4.87. The van der Waals surface area contributed by atoms with Gasteiger partial charge >= 0.3 is 12.2 Å². The van der Waals surface area contributed by atoms with Crippen molar-refractivity contribution in [1.29, 1.82) is 0 Å². The number of carbonyl (C=O) groups excluding carboxylic acids is 1. The number of nitrogens with one attached hydrogen (secondary N) is 2. The van der Waals surface area contributed by atoms with Crippen LogP contribution in [0, 0.1) is 5.92 Å². The molecule has 2 unspecified atom stereocenters. The molecule has 6 heteroatoms. The van der Waals surface area contributed by atoms with Gasteiger partial charge in [0.05, 0.1) is 5.92 Å². The quantitative estimate of drug-likeness (QED) is 0.779. The number of alkyl halides is 3. The topological polar surface area (TPSA) is 41.1 Å². The first-order valence-corrected chi connectivity index (χ1v) is 5.92. The molecule has 0 aliphatic heterocycles. The summed E-state index contributed by atoms with van der Waals surface area (Å²) in [4.78, 5) is 11.4. The number of amides is 2. The van der Waals surface area contributed by atoms with E-state index in [1.165, 1.54) is 0 Å². The highest BCUT2D eigenvalue weighted by Crippen LogP contribution is 2.37. The average molecular weight is 252 g/mol. The van der Waals surface area contributed by atoms with Crippen LogP contribution in [0.2, 0.25) is 0 Å². The van der Waals surface area contributed by atoms with E-state index in [1.807, 2.05) is 0 Å². The fraction of sp³-hybridized carbons (Fsp3) is 0.909. The van der Waals surface area contributed by atoms with Crippen LogP contribution in [-0.2, 0) is 0 Å². The summed E-state index contributed by atoms with van der Waals surface area (Å²) in [5, 5.41) is 5.21. The fourth-order valence-electron chi connectivity index (χ4n) is 2.11. The summed E-state index contributed by atoms with van der Waals surface area (Å²) in [6.07, 6.45) is -2.84. The molecular weight excluding hydrogens is 233 g/mol. The molecule has 0 aromatic carbocycles. The molecule has 3 nitrogen and oxygen atoms in total. The highest BCUT2D eigenvalue weighted by atomic mass is 19.4. The second-order valence-corrected chi connectivity index (χ2v) is 4.87. The van der Waals surface area contributed by atoms with Gasteiger partial charge in [0.2, 0.25) is 0 Å². The van der Waals surface area contributed by atoms with Crippen LogP contribution in [0.4, 0.5) is 18.0 Å². The predicted molar refractivity (Wildman–Crippen MR) is 58.6 cm³/mol. The first-order valence-electron chi connectivity index (χ1n) is 5.92. The number of rotatable bonds is 2. The van der Waals surface area contributed by atoms with Gasteiger partial charge < -0.3 is 10.6 Å². The van der Waals surface area contributed by atoms with E-state index in [0.29, 0.717) is 12.8 Å². The van der Waals surface area contributed by atoms with Gasteiger partial charge in [-0.1, -0.05) is 6.42 Å². The maximum Gasteiger partial charge on any atom is 0.391 e. The molecule has 1 rings (SSSR count). The van der Waals surface area contributed by atoms with Crippen molar-refractivity contribution in [3.05, 3.63) is 0 Å². The lowest BCUT2D eigenvalue weighted by atomic mass is 9.85. The number of urea groups is 1. The molecule has 0 saturated heterocycles. The number of hydrogen-bond acceptors (Lipinski definition) is 1.